The molecule has 2 aromatic carbocycles. The van der Waals surface area contributed by atoms with Crippen LogP contribution < -0.4 is 5.32 Å². The fraction of sp³-hybridized carbons (Fsp3) is 0.182. The number of hydrogen-bond donors (Lipinski definition) is 2. The number of rotatable bonds is 6. The molecule has 2 N–H and O–H groups in total. The number of methoxy groups -OCH3 is 1. The molecule has 10 heteroatoms. The number of aromatic carboxylic acids is 1. The highest BCUT2D eigenvalue weighted by Gasteiger charge is 2.35. The van der Waals surface area contributed by atoms with Gasteiger partial charge in [-0.15, -0.1) is 5.10 Å². The molecular weight excluding hydrogens is 435 g/mol. The molecule has 0 bridgehead atoms. The van der Waals surface area contributed by atoms with Crippen LogP contribution in [-0.2, 0) is 15.3 Å². The molecule has 3 aromatic rings. The number of carboxylic acids is 1. The highest BCUT2D eigenvalue weighted by Crippen LogP contribution is 2.37. The smallest absolute Gasteiger partial charge is 0.338 e. The number of fused-ring (bicyclic) bond motifs is 1. The molecule has 8 nitrogen and oxygen atoms in total. The normalized spacial score (nSPS) is 15.2. The van der Waals surface area contributed by atoms with Gasteiger partial charge in [0.2, 0.25) is 11.1 Å². The lowest BCUT2D eigenvalue weighted by molar-refractivity contribution is -0.136. The van der Waals surface area contributed by atoms with E-state index in [1.54, 1.807) is 41.9 Å². The topological polar surface area (TPSA) is 106 Å². The number of allylic oxidation sites excluding steroid dienone is 1. The summed E-state index contributed by atoms with van der Waals surface area (Å²) in [5, 5.41) is 17.2. The maximum Gasteiger partial charge on any atom is 0.338 e. The third-order valence-corrected chi connectivity index (χ3v) is 5.91. The molecule has 0 aliphatic carbocycles. The Morgan fingerprint density at radius 3 is 2.59 bits per heavy atom. The van der Waals surface area contributed by atoms with Crippen molar-refractivity contribution in [3.63, 3.8) is 0 Å². The number of carbonyl (C=O) groups is 2. The van der Waals surface area contributed by atoms with Gasteiger partial charge in [0.05, 0.1) is 18.2 Å². The van der Waals surface area contributed by atoms with Crippen molar-refractivity contribution in [2.45, 2.75) is 23.9 Å². The Morgan fingerprint density at radius 2 is 1.94 bits per heavy atom. The summed E-state index contributed by atoms with van der Waals surface area (Å²) in [4.78, 5) is 28.3. The summed E-state index contributed by atoms with van der Waals surface area (Å²) in [7, 11) is 1.29. The number of halogens is 1. The van der Waals surface area contributed by atoms with Gasteiger partial charge in [0.1, 0.15) is 11.9 Å². The van der Waals surface area contributed by atoms with Crippen molar-refractivity contribution in [3.05, 3.63) is 82.3 Å². The molecule has 0 fully saturated rings. The van der Waals surface area contributed by atoms with Crippen LogP contribution in [0.2, 0.25) is 0 Å². The van der Waals surface area contributed by atoms with Gasteiger partial charge >= 0.3 is 11.9 Å². The highest BCUT2D eigenvalue weighted by atomic mass is 32.2. The minimum atomic E-state index is -1.05. The lowest BCUT2D eigenvalue weighted by Gasteiger charge is -2.27. The lowest BCUT2D eigenvalue weighted by atomic mass is 9.95. The molecule has 0 saturated heterocycles. The molecule has 164 valence electrons. The molecule has 1 aliphatic rings. The van der Waals surface area contributed by atoms with E-state index in [0.29, 0.717) is 39.3 Å². The molecular formula is C22H19FN4O4S. The van der Waals surface area contributed by atoms with Crippen LogP contribution in [0.15, 0.2) is 65.0 Å². The van der Waals surface area contributed by atoms with Gasteiger partial charge in [-0.1, -0.05) is 42.1 Å². The predicted molar refractivity (Wildman–Crippen MR) is 116 cm³/mol. The van der Waals surface area contributed by atoms with Crippen LogP contribution in [0.1, 0.15) is 34.5 Å². The standard InChI is InChI=1S/C22H19FN4O4S/c1-12-17(20(30)31-2)18(13-7-9-14(10-8-13)19(28)29)27-21(24-12)25-22(26-27)32-11-15-5-3-4-6-16(15)23/h3-10,18H,11H2,1-2H3,(H,28,29)(H,24,25,26). The van der Waals surface area contributed by atoms with Gasteiger partial charge in [-0.2, -0.15) is 4.98 Å². The van der Waals surface area contributed by atoms with Crippen LogP contribution in [0.4, 0.5) is 10.3 Å². The molecule has 1 unspecified atom stereocenters. The van der Waals surface area contributed by atoms with Crippen LogP contribution in [0, 0.1) is 5.82 Å². The van der Waals surface area contributed by atoms with Crippen LogP contribution in [-0.4, -0.2) is 38.9 Å². The minimum absolute atomic E-state index is 0.128. The van der Waals surface area contributed by atoms with Crippen LogP contribution in [0.5, 0.6) is 0 Å². The van der Waals surface area contributed by atoms with E-state index in [2.05, 4.69) is 15.4 Å². The first-order valence-electron chi connectivity index (χ1n) is 9.61. The first-order valence-corrected chi connectivity index (χ1v) is 10.6. The Balaban J connectivity index is 1.71. The zero-order valence-electron chi connectivity index (χ0n) is 17.2. The van der Waals surface area contributed by atoms with E-state index in [4.69, 9.17) is 4.74 Å². The largest absolute Gasteiger partial charge is 0.478 e. The number of thioether (sulfide) groups is 1. The number of carbonyl (C=O) groups excluding carboxylic acids is 1. The van der Waals surface area contributed by atoms with Crippen molar-refractivity contribution >= 4 is 29.6 Å². The molecule has 32 heavy (non-hydrogen) atoms. The number of ether oxygens (including phenoxy) is 1. The Labute approximate surface area is 187 Å². The summed E-state index contributed by atoms with van der Waals surface area (Å²) < 4.78 is 20.5. The lowest BCUT2D eigenvalue weighted by Crippen LogP contribution is -2.29. The van der Waals surface area contributed by atoms with Crippen molar-refractivity contribution in [2.24, 2.45) is 0 Å². The Bertz CT molecular complexity index is 1220. The third-order valence-electron chi connectivity index (χ3n) is 5.03. The van der Waals surface area contributed by atoms with E-state index in [1.165, 1.54) is 37.1 Å². The quantitative estimate of drug-likeness (QED) is 0.427. The zero-order chi connectivity index (χ0) is 22.8. The van der Waals surface area contributed by atoms with Gasteiger partial charge in [-0.05, 0) is 36.2 Å². The summed E-state index contributed by atoms with van der Waals surface area (Å²) in [5.41, 5.74) is 2.19. The second-order valence-corrected chi connectivity index (χ2v) is 7.97. The molecule has 4 rings (SSSR count). The van der Waals surface area contributed by atoms with E-state index in [1.807, 2.05) is 0 Å². The van der Waals surface area contributed by atoms with Gasteiger partial charge in [0.15, 0.2) is 0 Å². The van der Waals surface area contributed by atoms with Crippen molar-refractivity contribution < 1.29 is 23.8 Å². The molecule has 1 atom stereocenters. The SMILES string of the molecule is COC(=O)C1=C(C)Nc2nc(SCc3ccccc3F)nn2C1c1ccc(C(=O)O)cc1. The van der Waals surface area contributed by atoms with Gasteiger partial charge in [-0.25, -0.2) is 18.7 Å². The Kier molecular flexibility index (Phi) is 5.95. The fourth-order valence-electron chi connectivity index (χ4n) is 3.44. The van der Waals surface area contributed by atoms with E-state index in [-0.39, 0.29) is 11.4 Å². The zero-order valence-corrected chi connectivity index (χ0v) is 18.0. The average Bonchev–Trinajstić information content (AvgIpc) is 3.19. The van der Waals surface area contributed by atoms with E-state index >= 15 is 0 Å². The average molecular weight is 454 g/mol. The van der Waals surface area contributed by atoms with Crippen LogP contribution in [0.25, 0.3) is 0 Å². The monoisotopic (exact) mass is 454 g/mol. The van der Waals surface area contributed by atoms with Crippen molar-refractivity contribution in [2.75, 3.05) is 12.4 Å². The number of hydrogen-bond acceptors (Lipinski definition) is 7. The summed E-state index contributed by atoms with van der Waals surface area (Å²) >= 11 is 1.27. The van der Waals surface area contributed by atoms with Crippen molar-refractivity contribution in [1.29, 1.82) is 0 Å². The summed E-state index contributed by atoms with van der Waals surface area (Å²) in [6.45, 7) is 1.73. The summed E-state index contributed by atoms with van der Waals surface area (Å²) in [5.74, 6) is -1.13. The third kappa shape index (κ3) is 4.09. The number of nitrogens with one attached hydrogen (secondary N) is 1. The van der Waals surface area contributed by atoms with Crippen LogP contribution in [0.3, 0.4) is 0 Å². The molecule has 1 aliphatic heterocycles. The van der Waals surface area contributed by atoms with Gasteiger partial charge in [0.25, 0.3) is 0 Å². The van der Waals surface area contributed by atoms with Gasteiger partial charge in [0, 0.05) is 11.4 Å². The van der Waals surface area contributed by atoms with E-state index in [9.17, 15) is 19.1 Å². The van der Waals surface area contributed by atoms with Crippen molar-refractivity contribution in [1.82, 2.24) is 14.8 Å². The summed E-state index contributed by atoms with van der Waals surface area (Å²) in [6, 6.07) is 12.0. The number of carboxylic acid groups (broad SMARTS) is 1. The minimum Gasteiger partial charge on any atom is -0.478 e. The number of aromatic nitrogens is 3. The molecule has 0 saturated carbocycles. The maximum absolute atomic E-state index is 14.0. The number of esters is 1. The maximum atomic E-state index is 14.0. The van der Waals surface area contributed by atoms with E-state index < -0.39 is 18.0 Å². The molecule has 0 amide bonds. The van der Waals surface area contributed by atoms with Gasteiger partial charge < -0.3 is 15.2 Å². The molecule has 1 aromatic heterocycles. The Morgan fingerprint density at radius 1 is 1.22 bits per heavy atom. The highest BCUT2D eigenvalue weighted by molar-refractivity contribution is 7.98. The number of anilines is 1. The molecule has 2 heterocycles. The molecule has 0 radical (unpaired) electrons. The van der Waals surface area contributed by atoms with Gasteiger partial charge in [-0.3, -0.25) is 0 Å². The number of benzene rings is 2. The second-order valence-electron chi connectivity index (χ2n) is 7.03. The first kappa shape index (κ1) is 21.6. The molecule has 0 spiro atoms. The summed E-state index contributed by atoms with van der Waals surface area (Å²) in [6.07, 6.45) is 0. The Hall–Kier alpha value is -3.66. The predicted octanol–water partition coefficient (Wildman–Crippen LogP) is 3.87. The second kappa shape index (κ2) is 8.83. The van der Waals surface area contributed by atoms with Crippen LogP contribution >= 0.6 is 11.8 Å². The first-order chi connectivity index (χ1) is 15.4. The fourth-order valence-corrected chi connectivity index (χ4v) is 4.26. The van der Waals surface area contributed by atoms with Crippen molar-refractivity contribution in [3.8, 4) is 0 Å². The van der Waals surface area contributed by atoms with E-state index in [0.717, 1.165) is 0 Å². The number of nitrogens with zero attached hydrogens (tertiary/aromatic N) is 3.